The van der Waals surface area contributed by atoms with Crippen LogP contribution >= 0.6 is 11.6 Å². The van der Waals surface area contributed by atoms with Gasteiger partial charge in [0.15, 0.2) is 6.61 Å². The van der Waals surface area contributed by atoms with Gasteiger partial charge in [-0.05, 0) is 61.1 Å². The number of halogens is 1. The Kier molecular flexibility index (Phi) is 8.57. The van der Waals surface area contributed by atoms with Gasteiger partial charge in [-0.1, -0.05) is 62.6 Å². The number of hydrogen-bond donors (Lipinski definition) is 1. The second-order valence-electron chi connectivity index (χ2n) is 8.83. The highest BCUT2D eigenvalue weighted by atomic mass is 35.5. The Morgan fingerprint density at radius 1 is 1.09 bits per heavy atom. The molecule has 3 rings (SSSR count). The molecule has 1 aliphatic rings. The van der Waals surface area contributed by atoms with Gasteiger partial charge in [0.25, 0.3) is 5.91 Å². The lowest BCUT2D eigenvalue weighted by atomic mass is 10.0. The SMILES string of the molecule is CC(C)c1ccc(OCC(=O)N(Cc2cccc(Cl)c2)[C@H](C)C(=O)NC2CCCC2)cc1. The van der Waals surface area contributed by atoms with E-state index < -0.39 is 6.04 Å². The number of carbonyl (C=O) groups excluding carboxylic acids is 2. The summed E-state index contributed by atoms with van der Waals surface area (Å²) < 4.78 is 5.76. The molecule has 32 heavy (non-hydrogen) atoms. The highest BCUT2D eigenvalue weighted by molar-refractivity contribution is 6.30. The zero-order chi connectivity index (χ0) is 23.1. The van der Waals surface area contributed by atoms with Crippen molar-refractivity contribution in [2.45, 2.75) is 71.0 Å². The summed E-state index contributed by atoms with van der Waals surface area (Å²) in [4.78, 5) is 27.6. The lowest BCUT2D eigenvalue weighted by Gasteiger charge is -2.29. The molecule has 1 aliphatic carbocycles. The Morgan fingerprint density at radius 2 is 1.78 bits per heavy atom. The van der Waals surface area contributed by atoms with Gasteiger partial charge in [-0.2, -0.15) is 0 Å². The molecule has 0 spiro atoms. The molecule has 0 saturated heterocycles. The van der Waals surface area contributed by atoms with Crippen LogP contribution in [0.3, 0.4) is 0 Å². The van der Waals surface area contributed by atoms with Gasteiger partial charge in [0, 0.05) is 17.6 Å². The van der Waals surface area contributed by atoms with Crippen molar-refractivity contribution in [3.63, 3.8) is 0 Å². The summed E-state index contributed by atoms with van der Waals surface area (Å²) >= 11 is 6.13. The first-order valence-electron chi connectivity index (χ1n) is 11.4. The molecule has 0 aliphatic heterocycles. The number of benzene rings is 2. The van der Waals surface area contributed by atoms with Gasteiger partial charge < -0.3 is 15.0 Å². The first-order chi connectivity index (χ1) is 15.3. The Balaban J connectivity index is 1.69. The molecular formula is C26H33ClN2O3. The fourth-order valence-corrected chi connectivity index (χ4v) is 4.20. The highest BCUT2D eigenvalue weighted by Gasteiger charge is 2.28. The van der Waals surface area contributed by atoms with Crippen LogP contribution in [0.1, 0.15) is 63.5 Å². The summed E-state index contributed by atoms with van der Waals surface area (Å²) in [6.07, 6.45) is 4.26. The Hall–Kier alpha value is -2.53. The summed E-state index contributed by atoms with van der Waals surface area (Å²) in [5.41, 5.74) is 2.08. The van der Waals surface area contributed by atoms with E-state index in [1.165, 1.54) is 5.56 Å². The minimum Gasteiger partial charge on any atom is -0.484 e. The molecule has 1 saturated carbocycles. The van der Waals surface area contributed by atoms with E-state index in [2.05, 4.69) is 19.2 Å². The van der Waals surface area contributed by atoms with Gasteiger partial charge in [0.1, 0.15) is 11.8 Å². The largest absolute Gasteiger partial charge is 0.484 e. The molecule has 0 unspecified atom stereocenters. The Labute approximate surface area is 196 Å². The van der Waals surface area contributed by atoms with Gasteiger partial charge in [-0.25, -0.2) is 0 Å². The molecule has 0 heterocycles. The molecule has 172 valence electrons. The van der Waals surface area contributed by atoms with Crippen LogP contribution in [0.25, 0.3) is 0 Å². The van der Waals surface area contributed by atoms with Crippen LogP contribution in [0.4, 0.5) is 0 Å². The lowest BCUT2D eigenvalue weighted by Crippen LogP contribution is -2.50. The van der Waals surface area contributed by atoms with Crippen LogP contribution in [0.5, 0.6) is 5.75 Å². The average molecular weight is 457 g/mol. The second kappa shape index (κ2) is 11.4. The molecule has 5 nitrogen and oxygen atoms in total. The van der Waals surface area contributed by atoms with Crippen LogP contribution in [0, 0.1) is 0 Å². The lowest BCUT2D eigenvalue weighted by molar-refractivity contribution is -0.142. The number of nitrogens with one attached hydrogen (secondary N) is 1. The Morgan fingerprint density at radius 3 is 2.41 bits per heavy atom. The number of carbonyl (C=O) groups is 2. The predicted molar refractivity (Wildman–Crippen MR) is 128 cm³/mol. The first-order valence-corrected chi connectivity index (χ1v) is 11.8. The van der Waals surface area contributed by atoms with E-state index >= 15 is 0 Å². The molecule has 0 radical (unpaired) electrons. The van der Waals surface area contributed by atoms with Gasteiger partial charge >= 0.3 is 0 Å². The van der Waals surface area contributed by atoms with Gasteiger partial charge in [-0.3, -0.25) is 9.59 Å². The molecule has 2 amide bonds. The monoisotopic (exact) mass is 456 g/mol. The van der Waals surface area contributed by atoms with Gasteiger partial charge in [0.05, 0.1) is 0 Å². The van der Waals surface area contributed by atoms with Crippen molar-refractivity contribution in [2.75, 3.05) is 6.61 Å². The molecule has 0 aromatic heterocycles. The molecular weight excluding hydrogens is 424 g/mol. The fourth-order valence-electron chi connectivity index (χ4n) is 3.98. The van der Waals surface area contributed by atoms with Gasteiger partial charge in [-0.15, -0.1) is 0 Å². The molecule has 2 aromatic carbocycles. The van der Waals surface area contributed by atoms with E-state index in [0.29, 0.717) is 16.7 Å². The molecule has 1 fully saturated rings. The molecule has 2 aromatic rings. The van der Waals surface area contributed by atoms with E-state index in [1.807, 2.05) is 42.5 Å². The smallest absolute Gasteiger partial charge is 0.261 e. The van der Waals surface area contributed by atoms with Gasteiger partial charge in [0.2, 0.25) is 5.91 Å². The third-order valence-electron chi connectivity index (χ3n) is 6.02. The molecule has 6 heteroatoms. The van der Waals surface area contributed by atoms with E-state index in [0.717, 1.165) is 31.2 Å². The van der Waals surface area contributed by atoms with Crippen molar-refractivity contribution >= 4 is 23.4 Å². The number of nitrogens with zero attached hydrogens (tertiary/aromatic N) is 1. The Bertz CT molecular complexity index is 908. The van der Waals surface area contributed by atoms with Crippen molar-refractivity contribution in [2.24, 2.45) is 0 Å². The zero-order valence-corrected chi connectivity index (χ0v) is 19.9. The fraction of sp³-hybridized carbons (Fsp3) is 0.462. The summed E-state index contributed by atoms with van der Waals surface area (Å²) in [7, 11) is 0. The predicted octanol–water partition coefficient (Wildman–Crippen LogP) is 5.32. The second-order valence-corrected chi connectivity index (χ2v) is 9.27. The number of rotatable bonds is 9. The van der Waals surface area contributed by atoms with Crippen molar-refractivity contribution in [1.82, 2.24) is 10.2 Å². The summed E-state index contributed by atoms with van der Waals surface area (Å²) in [5, 5.41) is 3.70. The summed E-state index contributed by atoms with van der Waals surface area (Å²) in [6, 6.07) is 14.7. The third kappa shape index (κ3) is 6.73. The van der Waals surface area contributed by atoms with Crippen LogP contribution in [-0.4, -0.2) is 35.4 Å². The van der Waals surface area contributed by atoms with Crippen molar-refractivity contribution in [3.05, 3.63) is 64.7 Å². The maximum Gasteiger partial charge on any atom is 0.261 e. The van der Waals surface area contributed by atoms with Crippen LogP contribution in [-0.2, 0) is 16.1 Å². The quantitative estimate of drug-likeness (QED) is 0.555. The standard InChI is InChI=1S/C26H33ClN2O3/c1-18(2)21-11-13-24(14-12-21)32-17-25(30)29(16-20-7-6-8-22(27)15-20)19(3)26(31)28-23-9-4-5-10-23/h6-8,11-15,18-19,23H,4-5,9-10,16-17H2,1-3H3,(H,28,31)/t19-/m1/s1. The number of ether oxygens (including phenoxy) is 1. The van der Waals surface area contributed by atoms with E-state index in [9.17, 15) is 9.59 Å². The van der Waals surface area contributed by atoms with Crippen molar-refractivity contribution < 1.29 is 14.3 Å². The molecule has 1 atom stereocenters. The number of hydrogen-bond acceptors (Lipinski definition) is 3. The molecule has 1 N–H and O–H groups in total. The van der Waals surface area contributed by atoms with E-state index in [4.69, 9.17) is 16.3 Å². The van der Waals surface area contributed by atoms with Crippen molar-refractivity contribution in [3.8, 4) is 5.75 Å². The van der Waals surface area contributed by atoms with Crippen LogP contribution in [0.2, 0.25) is 5.02 Å². The van der Waals surface area contributed by atoms with Crippen LogP contribution in [0.15, 0.2) is 48.5 Å². The first kappa shape index (κ1) is 24.1. The summed E-state index contributed by atoms with van der Waals surface area (Å²) in [6.45, 7) is 6.18. The minimum absolute atomic E-state index is 0.131. The van der Waals surface area contributed by atoms with Crippen molar-refractivity contribution in [1.29, 1.82) is 0 Å². The number of amides is 2. The molecule has 0 bridgehead atoms. The average Bonchev–Trinajstić information content (AvgIpc) is 3.28. The highest BCUT2D eigenvalue weighted by Crippen LogP contribution is 2.21. The van der Waals surface area contributed by atoms with E-state index in [1.54, 1.807) is 17.9 Å². The minimum atomic E-state index is -0.617. The maximum absolute atomic E-state index is 13.2. The summed E-state index contributed by atoms with van der Waals surface area (Å²) in [5.74, 6) is 0.687. The van der Waals surface area contributed by atoms with Crippen LogP contribution < -0.4 is 10.1 Å². The topological polar surface area (TPSA) is 58.6 Å². The normalized spacial score (nSPS) is 14.9. The van der Waals surface area contributed by atoms with E-state index in [-0.39, 0.29) is 31.0 Å². The maximum atomic E-state index is 13.2. The third-order valence-corrected chi connectivity index (χ3v) is 6.25. The zero-order valence-electron chi connectivity index (χ0n) is 19.1.